The molecule has 0 aliphatic carbocycles. The Morgan fingerprint density at radius 2 is 1.90 bits per heavy atom. The molecule has 0 radical (unpaired) electrons. The third-order valence-corrected chi connectivity index (χ3v) is 4.40. The van der Waals surface area contributed by atoms with Crippen molar-refractivity contribution in [3.63, 3.8) is 0 Å². The van der Waals surface area contributed by atoms with E-state index in [1.54, 1.807) is 6.07 Å². The second-order valence-electron chi connectivity index (χ2n) is 4.40. The lowest BCUT2D eigenvalue weighted by Crippen LogP contribution is -2.03. The van der Waals surface area contributed by atoms with E-state index < -0.39 is 4.92 Å². The SMILES string of the molecule is O=C(c1cc2ccccc2s1)c1ccc(Cl)cc1[N+](=O)[O-]. The van der Waals surface area contributed by atoms with Crippen LogP contribution in [-0.2, 0) is 0 Å². The first-order chi connectivity index (χ1) is 10.1. The molecule has 0 saturated carbocycles. The van der Waals surface area contributed by atoms with Gasteiger partial charge in [0.1, 0.15) is 5.56 Å². The van der Waals surface area contributed by atoms with Gasteiger partial charge in [0.15, 0.2) is 0 Å². The van der Waals surface area contributed by atoms with Gasteiger partial charge in [0.25, 0.3) is 5.69 Å². The van der Waals surface area contributed by atoms with Gasteiger partial charge < -0.3 is 0 Å². The fourth-order valence-electron chi connectivity index (χ4n) is 2.07. The number of fused-ring (bicyclic) bond motifs is 1. The lowest BCUT2D eigenvalue weighted by molar-refractivity contribution is -0.385. The number of nitro groups is 1. The minimum Gasteiger partial charge on any atom is -0.287 e. The molecule has 104 valence electrons. The van der Waals surface area contributed by atoms with E-state index in [9.17, 15) is 14.9 Å². The first-order valence-electron chi connectivity index (χ1n) is 6.03. The molecule has 0 N–H and O–H groups in total. The summed E-state index contributed by atoms with van der Waals surface area (Å²) in [6, 6.07) is 13.4. The molecule has 0 atom stereocenters. The van der Waals surface area contributed by atoms with Crippen molar-refractivity contribution >= 4 is 44.5 Å². The Kier molecular flexibility index (Phi) is 3.45. The molecule has 3 aromatic rings. The average molecular weight is 318 g/mol. The third kappa shape index (κ3) is 2.53. The van der Waals surface area contributed by atoms with Crippen LogP contribution in [0.3, 0.4) is 0 Å². The molecular weight excluding hydrogens is 310 g/mol. The first kappa shape index (κ1) is 13.7. The molecule has 3 rings (SSSR count). The summed E-state index contributed by atoms with van der Waals surface area (Å²) in [5.41, 5.74) is -0.221. The highest BCUT2D eigenvalue weighted by Crippen LogP contribution is 2.31. The van der Waals surface area contributed by atoms with Gasteiger partial charge >= 0.3 is 0 Å². The summed E-state index contributed by atoms with van der Waals surface area (Å²) < 4.78 is 0.970. The standard InChI is InChI=1S/C15H8ClNO3S/c16-10-5-6-11(12(8-10)17(19)20)15(18)14-7-9-3-1-2-4-13(9)21-14/h1-8H. The largest absolute Gasteiger partial charge is 0.287 e. The molecule has 1 aromatic heterocycles. The van der Waals surface area contributed by atoms with Gasteiger partial charge in [-0.3, -0.25) is 14.9 Å². The Bertz CT molecular complexity index is 839. The monoisotopic (exact) mass is 317 g/mol. The van der Waals surface area contributed by atoms with Gasteiger partial charge in [-0.1, -0.05) is 29.8 Å². The number of carbonyl (C=O) groups excluding carboxylic acids is 1. The van der Waals surface area contributed by atoms with Crippen molar-refractivity contribution in [2.75, 3.05) is 0 Å². The van der Waals surface area contributed by atoms with Gasteiger partial charge in [-0.15, -0.1) is 11.3 Å². The molecule has 0 saturated heterocycles. The predicted octanol–water partition coefficient (Wildman–Crippen LogP) is 4.69. The Morgan fingerprint density at radius 1 is 1.14 bits per heavy atom. The normalized spacial score (nSPS) is 10.7. The van der Waals surface area contributed by atoms with Crippen LogP contribution in [0, 0.1) is 10.1 Å². The zero-order valence-electron chi connectivity index (χ0n) is 10.6. The highest BCUT2D eigenvalue weighted by molar-refractivity contribution is 7.21. The van der Waals surface area contributed by atoms with Gasteiger partial charge in [0, 0.05) is 15.8 Å². The van der Waals surface area contributed by atoms with E-state index in [-0.39, 0.29) is 22.1 Å². The topological polar surface area (TPSA) is 60.2 Å². The molecule has 1 heterocycles. The zero-order valence-corrected chi connectivity index (χ0v) is 12.1. The van der Waals surface area contributed by atoms with Crippen LogP contribution >= 0.6 is 22.9 Å². The van der Waals surface area contributed by atoms with Crippen LogP contribution in [-0.4, -0.2) is 10.7 Å². The van der Waals surface area contributed by atoms with Crippen LogP contribution in [0.5, 0.6) is 0 Å². The van der Waals surface area contributed by atoms with Crippen molar-refractivity contribution in [1.82, 2.24) is 0 Å². The molecule has 0 unspecified atom stereocenters. The lowest BCUT2D eigenvalue weighted by atomic mass is 10.1. The van der Waals surface area contributed by atoms with Gasteiger partial charge in [-0.2, -0.15) is 0 Å². The quantitative estimate of drug-likeness (QED) is 0.400. The first-order valence-corrected chi connectivity index (χ1v) is 7.23. The van der Waals surface area contributed by atoms with E-state index in [1.807, 2.05) is 24.3 Å². The molecule has 0 amide bonds. The summed E-state index contributed by atoms with van der Waals surface area (Å²) in [7, 11) is 0. The van der Waals surface area contributed by atoms with Crippen molar-refractivity contribution in [3.05, 3.63) is 74.1 Å². The molecular formula is C15H8ClNO3S. The summed E-state index contributed by atoms with van der Waals surface area (Å²) in [5.74, 6) is -0.362. The second-order valence-corrected chi connectivity index (χ2v) is 5.92. The molecule has 21 heavy (non-hydrogen) atoms. The number of ketones is 1. The van der Waals surface area contributed by atoms with Crippen molar-refractivity contribution in [2.24, 2.45) is 0 Å². The molecule has 0 fully saturated rings. The average Bonchev–Trinajstić information content (AvgIpc) is 2.90. The Balaban J connectivity index is 2.12. The summed E-state index contributed by atoms with van der Waals surface area (Å²) >= 11 is 7.08. The van der Waals surface area contributed by atoms with Gasteiger partial charge in [-0.05, 0) is 29.7 Å². The van der Waals surface area contributed by atoms with E-state index >= 15 is 0 Å². The van der Waals surface area contributed by atoms with E-state index in [2.05, 4.69) is 0 Å². The van der Waals surface area contributed by atoms with E-state index in [1.165, 1.54) is 29.5 Å². The van der Waals surface area contributed by atoms with Crippen LogP contribution in [0.2, 0.25) is 5.02 Å². The number of halogens is 1. The maximum atomic E-state index is 12.5. The van der Waals surface area contributed by atoms with Crippen molar-refractivity contribution in [2.45, 2.75) is 0 Å². The van der Waals surface area contributed by atoms with Gasteiger partial charge in [0.2, 0.25) is 5.78 Å². The molecule has 6 heteroatoms. The molecule has 4 nitrogen and oxygen atoms in total. The number of rotatable bonds is 3. The molecule has 0 aliphatic rings. The van der Waals surface area contributed by atoms with E-state index in [0.29, 0.717) is 4.88 Å². The fourth-order valence-corrected chi connectivity index (χ4v) is 3.26. The number of carbonyl (C=O) groups is 1. The molecule has 2 aromatic carbocycles. The molecule has 0 aliphatic heterocycles. The molecule has 0 bridgehead atoms. The third-order valence-electron chi connectivity index (χ3n) is 3.05. The highest BCUT2D eigenvalue weighted by atomic mass is 35.5. The van der Waals surface area contributed by atoms with Crippen molar-refractivity contribution in [1.29, 1.82) is 0 Å². The number of benzene rings is 2. The Hall–Kier alpha value is -2.24. The van der Waals surface area contributed by atoms with Gasteiger partial charge in [-0.25, -0.2) is 0 Å². The number of hydrogen-bond donors (Lipinski definition) is 0. The summed E-state index contributed by atoms with van der Waals surface area (Å²) in [6.45, 7) is 0. The highest BCUT2D eigenvalue weighted by Gasteiger charge is 2.23. The van der Waals surface area contributed by atoms with E-state index in [0.717, 1.165) is 10.1 Å². The molecule has 0 spiro atoms. The number of thiophene rings is 1. The smallest absolute Gasteiger partial charge is 0.282 e. The van der Waals surface area contributed by atoms with E-state index in [4.69, 9.17) is 11.6 Å². The number of nitrogens with zero attached hydrogens (tertiary/aromatic N) is 1. The number of hydrogen-bond acceptors (Lipinski definition) is 4. The van der Waals surface area contributed by atoms with Crippen molar-refractivity contribution < 1.29 is 9.72 Å². The Morgan fingerprint density at radius 3 is 2.62 bits per heavy atom. The maximum Gasteiger partial charge on any atom is 0.282 e. The maximum absolute atomic E-state index is 12.5. The fraction of sp³-hybridized carbons (Fsp3) is 0. The summed E-state index contributed by atoms with van der Waals surface area (Å²) in [5, 5.41) is 12.3. The minimum absolute atomic E-state index is 0.0518. The van der Waals surface area contributed by atoms with Crippen molar-refractivity contribution in [3.8, 4) is 0 Å². The lowest BCUT2D eigenvalue weighted by Gasteiger charge is -2.01. The Labute approximate surface area is 128 Å². The second kappa shape index (κ2) is 5.27. The van der Waals surface area contributed by atoms with Gasteiger partial charge in [0.05, 0.1) is 9.80 Å². The van der Waals surface area contributed by atoms with Crippen LogP contribution in [0.25, 0.3) is 10.1 Å². The predicted molar refractivity (Wildman–Crippen MR) is 83.4 cm³/mol. The van der Waals surface area contributed by atoms with Crippen LogP contribution in [0.4, 0.5) is 5.69 Å². The minimum atomic E-state index is -0.591. The summed E-state index contributed by atoms with van der Waals surface area (Å²) in [4.78, 5) is 23.5. The summed E-state index contributed by atoms with van der Waals surface area (Å²) in [6.07, 6.45) is 0. The van der Waals surface area contributed by atoms with Crippen LogP contribution < -0.4 is 0 Å². The number of nitro benzene ring substituents is 1. The van der Waals surface area contributed by atoms with Crippen LogP contribution in [0.1, 0.15) is 15.2 Å². The van der Waals surface area contributed by atoms with Crippen LogP contribution in [0.15, 0.2) is 48.5 Å². The zero-order chi connectivity index (χ0) is 15.0.